The summed E-state index contributed by atoms with van der Waals surface area (Å²) in [5.41, 5.74) is 9.22. The number of hydrogen-bond acceptors (Lipinski definition) is 4. The lowest BCUT2D eigenvalue weighted by Gasteiger charge is -2.28. The van der Waals surface area contributed by atoms with Gasteiger partial charge in [0.05, 0.1) is 17.1 Å². The number of ether oxygens (including phenoxy) is 1. The molecule has 2 N–H and O–H groups in total. The maximum Gasteiger partial charge on any atom is 0.248 e. The molecule has 2 fully saturated rings. The van der Waals surface area contributed by atoms with E-state index in [0.29, 0.717) is 18.5 Å². The number of aromatic nitrogens is 3. The Kier molecular flexibility index (Phi) is 4.65. The van der Waals surface area contributed by atoms with Crippen LogP contribution in [0.2, 0.25) is 0 Å². The molecule has 1 unspecified atom stereocenters. The molecule has 0 bridgehead atoms. The van der Waals surface area contributed by atoms with Crippen molar-refractivity contribution in [2.75, 3.05) is 12.3 Å². The normalized spacial score (nSPS) is 23.8. The van der Waals surface area contributed by atoms with Crippen molar-refractivity contribution in [3.63, 3.8) is 0 Å². The third-order valence-electron chi connectivity index (χ3n) is 5.46. The number of anilines is 1. The molecule has 0 spiro atoms. The van der Waals surface area contributed by atoms with Gasteiger partial charge in [0.25, 0.3) is 0 Å². The van der Waals surface area contributed by atoms with Gasteiger partial charge in [-0.25, -0.2) is 13.5 Å². The first kappa shape index (κ1) is 17.4. The molecule has 26 heavy (non-hydrogen) atoms. The summed E-state index contributed by atoms with van der Waals surface area (Å²) in [5, 5.41) is 4.64. The number of nitrogens with two attached hydrogens (primary N) is 1. The van der Waals surface area contributed by atoms with E-state index in [1.807, 2.05) is 23.0 Å². The molecular formula is C19H24F2N4O. The van der Waals surface area contributed by atoms with Gasteiger partial charge in [0, 0.05) is 43.3 Å². The molecule has 3 heterocycles. The van der Waals surface area contributed by atoms with Crippen molar-refractivity contribution in [2.45, 2.75) is 63.0 Å². The average molecular weight is 362 g/mol. The Bertz CT molecular complexity index is 761. The van der Waals surface area contributed by atoms with Crippen LogP contribution in [0.15, 0.2) is 24.5 Å². The molecule has 2 aromatic heterocycles. The van der Waals surface area contributed by atoms with Gasteiger partial charge in [-0.15, -0.1) is 0 Å². The number of halogens is 2. The van der Waals surface area contributed by atoms with E-state index in [1.165, 1.54) is 0 Å². The molecule has 1 aliphatic heterocycles. The maximum absolute atomic E-state index is 13.4. The Morgan fingerprint density at radius 3 is 2.69 bits per heavy atom. The van der Waals surface area contributed by atoms with Gasteiger partial charge >= 0.3 is 0 Å². The smallest absolute Gasteiger partial charge is 0.248 e. The van der Waals surface area contributed by atoms with Crippen molar-refractivity contribution in [3.05, 3.63) is 30.2 Å². The Morgan fingerprint density at radius 1 is 1.15 bits per heavy atom. The summed E-state index contributed by atoms with van der Waals surface area (Å²) in [6.45, 7) is 0.758. The first-order valence-corrected chi connectivity index (χ1v) is 9.33. The third kappa shape index (κ3) is 3.45. The lowest BCUT2D eigenvalue weighted by Crippen LogP contribution is -2.24. The van der Waals surface area contributed by atoms with Crippen molar-refractivity contribution in [1.29, 1.82) is 0 Å². The van der Waals surface area contributed by atoms with Crippen LogP contribution in [-0.4, -0.2) is 27.3 Å². The van der Waals surface area contributed by atoms with Crippen molar-refractivity contribution in [1.82, 2.24) is 14.8 Å². The van der Waals surface area contributed by atoms with Gasteiger partial charge in [-0.05, 0) is 44.2 Å². The molecule has 0 amide bonds. The van der Waals surface area contributed by atoms with Gasteiger partial charge in [-0.2, -0.15) is 5.10 Å². The summed E-state index contributed by atoms with van der Waals surface area (Å²) in [7, 11) is 0. The highest BCUT2D eigenvalue weighted by atomic mass is 19.3. The van der Waals surface area contributed by atoms with Gasteiger partial charge in [0.15, 0.2) is 0 Å². The van der Waals surface area contributed by atoms with E-state index in [9.17, 15) is 8.78 Å². The molecule has 7 heteroatoms. The topological polar surface area (TPSA) is 66.0 Å². The van der Waals surface area contributed by atoms with E-state index < -0.39 is 5.92 Å². The zero-order chi connectivity index (χ0) is 18.1. The molecule has 140 valence electrons. The molecule has 1 atom stereocenters. The van der Waals surface area contributed by atoms with Crippen LogP contribution in [0.1, 0.15) is 62.8 Å². The van der Waals surface area contributed by atoms with Crippen molar-refractivity contribution in [3.8, 4) is 11.3 Å². The molecule has 5 nitrogen and oxygen atoms in total. The van der Waals surface area contributed by atoms with Gasteiger partial charge in [-0.3, -0.25) is 4.98 Å². The van der Waals surface area contributed by atoms with Crippen molar-refractivity contribution >= 4 is 5.69 Å². The predicted molar refractivity (Wildman–Crippen MR) is 94.9 cm³/mol. The van der Waals surface area contributed by atoms with Gasteiger partial charge in [0.1, 0.15) is 6.23 Å². The number of pyridine rings is 1. The fourth-order valence-corrected chi connectivity index (χ4v) is 3.93. The zero-order valence-electron chi connectivity index (χ0n) is 14.7. The van der Waals surface area contributed by atoms with Crippen LogP contribution in [0.4, 0.5) is 14.5 Å². The second-order valence-corrected chi connectivity index (χ2v) is 7.29. The van der Waals surface area contributed by atoms with Gasteiger partial charge in [-0.1, -0.05) is 0 Å². The SMILES string of the molecule is Nc1c(-c2ccn(C3CCCCO3)n2)ccnc1C1CCC(F)(F)CC1. The standard InChI is InChI=1S/C19H24F2N4O/c20-19(21)8-4-13(5-9-19)18-17(22)14(6-10-23-18)15-7-11-25(24-15)16-3-1-2-12-26-16/h6-7,10-11,13,16H,1-5,8-9,12,22H2. The van der Waals surface area contributed by atoms with E-state index in [-0.39, 0.29) is 25.0 Å². The number of hydrogen-bond donors (Lipinski definition) is 1. The molecule has 2 aromatic rings. The minimum atomic E-state index is -2.55. The van der Waals surface area contributed by atoms with Crippen molar-refractivity contribution < 1.29 is 13.5 Å². The first-order valence-electron chi connectivity index (χ1n) is 9.33. The summed E-state index contributed by atoms with van der Waals surface area (Å²) in [6.07, 6.45) is 7.38. The molecule has 1 saturated heterocycles. The van der Waals surface area contributed by atoms with Crippen LogP contribution in [0.5, 0.6) is 0 Å². The second-order valence-electron chi connectivity index (χ2n) is 7.29. The maximum atomic E-state index is 13.4. The number of nitrogens with zero attached hydrogens (tertiary/aromatic N) is 3. The number of rotatable bonds is 3. The summed E-state index contributed by atoms with van der Waals surface area (Å²) >= 11 is 0. The minimum absolute atomic E-state index is 0.0154. The monoisotopic (exact) mass is 362 g/mol. The highest BCUT2D eigenvalue weighted by Gasteiger charge is 2.36. The lowest BCUT2D eigenvalue weighted by atomic mass is 9.83. The van der Waals surface area contributed by atoms with E-state index in [2.05, 4.69) is 10.1 Å². The fourth-order valence-electron chi connectivity index (χ4n) is 3.93. The lowest BCUT2D eigenvalue weighted by molar-refractivity contribution is -0.0393. The number of alkyl halides is 2. The molecular weight excluding hydrogens is 338 g/mol. The minimum Gasteiger partial charge on any atom is -0.397 e. The molecule has 0 radical (unpaired) electrons. The highest BCUT2D eigenvalue weighted by Crippen LogP contribution is 2.43. The summed E-state index contributed by atoms with van der Waals surface area (Å²) in [6, 6.07) is 3.76. The van der Waals surface area contributed by atoms with Crippen LogP contribution in [0.3, 0.4) is 0 Å². The van der Waals surface area contributed by atoms with Gasteiger partial charge < -0.3 is 10.5 Å². The molecule has 1 aliphatic carbocycles. The molecule has 4 rings (SSSR count). The summed E-state index contributed by atoms with van der Waals surface area (Å²) in [4.78, 5) is 4.40. The fraction of sp³-hybridized carbons (Fsp3) is 0.579. The summed E-state index contributed by atoms with van der Waals surface area (Å²) in [5.74, 6) is -2.57. The van der Waals surface area contributed by atoms with Gasteiger partial charge in [0.2, 0.25) is 5.92 Å². The zero-order valence-corrected chi connectivity index (χ0v) is 14.7. The van der Waals surface area contributed by atoms with Crippen LogP contribution < -0.4 is 5.73 Å². The first-order chi connectivity index (χ1) is 12.5. The predicted octanol–water partition coefficient (Wildman–Crippen LogP) is 4.52. The van der Waals surface area contributed by atoms with E-state index in [0.717, 1.165) is 42.8 Å². The van der Waals surface area contributed by atoms with Crippen molar-refractivity contribution in [2.24, 2.45) is 0 Å². The Balaban J connectivity index is 1.57. The largest absolute Gasteiger partial charge is 0.397 e. The van der Waals surface area contributed by atoms with Crippen LogP contribution >= 0.6 is 0 Å². The molecule has 2 aliphatic rings. The van der Waals surface area contributed by atoms with E-state index in [1.54, 1.807) is 6.20 Å². The average Bonchev–Trinajstić information content (AvgIpc) is 3.13. The summed E-state index contributed by atoms with van der Waals surface area (Å²) < 4.78 is 34.5. The second kappa shape index (κ2) is 6.95. The quantitative estimate of drug-likeness (QED) is 0.872. The Hall–Kier alpha value is -2.02. The third-order valence-corrected chi connectivity index (χ3v) is 5.46. The van der Waals surface area contributed by atoms with E-state index in [4.69, 9.17) is 10.5 Å². The molecule has 0 aromatic carbocycles. The van der Waals surface area contributed by atoms with Crippen LogP contribution in [0.25, 0.3) is 11.3 Å². The number of nitrogen functional groups attached to an aromatic ring is 1. The van der Waals surface area contributed by atoms with Crippen LogP contribution in [0, 0.1) is 0 Å². The van der Waals surface area contributed by atoms with E-state index >= 15 is 0 Å². The Labute approximate surface area is 151 Å². The van der Waals surface area contributed by atoms with Crippen LogP contribution in [-0.2, 0) is 4.74 Å². The molecule has 1 saturated carbocycles. The Morgan fingerprint density at radius 2 is 1.96 bits per heavy atom. The highest BCUT2D eigenvalue weighted by molar-refractivity contribution is 5.75.